The number of nitrogens with zero attached hydrogens (tertiary/aromatic N) is 5. The highest BCUT2D eigenvalue weighted by molar-refractivity contribution is 7.98. The van der Waals surface area contributed by atoms with Crippen LogP contribution in [0.5, 0.6) is 0 Å². The molecular formula is C15H24N8OS2. The molecule has 0 aromatic carbocycles. The smallest absolute Gasteiger partial charge is 0.234 e. The first-order valence-electron chi connectivity index (χ1n) is 8.12. The summed E-state index contributed by atoms with van der Waals surface area (Å²) in [4.78, 5) is 25.0. The van der Waals surface area contributed by atoms with Gasteiger partial charge in [-0.05, 0) is 13.8 Å². The maximum absolute atomic E-state index is 10.8. The minimum Gasteiger partial charge on any atom is -0.355 e. The number of nitrogens with one attached hydrogen (secondary N) is 3. The SMILES string of the molecule is CCN(CC)C(=NC=O)c1nc(CSCCNC(=NC#N)NNC)cs1. The first-order valence-corrected chi connectivity index (χ1v) is 10.2. The number of nitriles is 1. The van der Waals surface area contributed by atoms with E-state index in [1.165, 1.54) is 11.3 Å². The first-order chi connectivity index (χ1) is 12.7. The molecule has 0 radical (unpaired) electrons. The summed E-state index contributed by atoms with van der Waals surface area (Å²) in [5.41, 5.74) is 6.41. The highest BCUT2D eigenvalue weighted by Gasteiger charge is 2.14. The Morgan fingerprint density at radius 1 is 1.50 bits per heavy atom. The highest BCUT2D eigenvalue weighted by atomic mass is 32.2. The van der Waals surface area contributed by atoms with Crippen molar-refractivity contribution in [3.8, 4) is 6.19 Å². The third-order valence-electron chi connectivity index (χ3n) is 3.17. The Hall–Kier alpha value is -2.16. The maximum Gasteiger partial charge on any atom is 0.234 e. The van der Waals surface area contributed by atoms with E-state index in [2.05, 4.69) is 31.1 Å². The molecule has 26 heavy (non-hydrogen) atoms. The van der Waals surface area contributed by atoms with Crippen LogP contribution in [-0.2, 0) is 10.5 Å². The summed E-state index contributed by atoms with van der Waals surface area (Å²) >= 11 is 3.21. The van der Waals surface area contributed by atoms with Crippen LogP contribution in [0.2, 0.25) is 0 Å². The number of guanidine groups is 1. The number of amides is 1. The molecule has 0 aliphatic rings. The number of amidine groups is 1. The van der Waals surface area contributed by atoms with Gasteiger partial charge in [-0.2, -0.15) is 22.0 Å². The second-order valence-corrected chi connectivity index (χ2v) is 6.75. The number of thiazole rings is 1. The van der Waals surface area contributed by atoms with Gasteiger partial charge in [0.25, 0.3) is 0 Å². The zero-order chi connectivity index (χ0) is 19.2. The van der Waals surface area contributed by atoms with Gasteiger partial charge < -0.3 is 10.2 Å². The number of hydrogen-bond donors (Lipinski definition) is 3. The molecule has 1 amide bonds. The topological polar surface area (TPSA) is 118 Å². The molecule has 0 aliphatic heterocycles. The number of thioether (sulfide) groups is 1. The zero-order valence-corrected chi connectivity index (χ0v) is 16.8. The van der Waals surface area contributed by atoms with Gasteiger partial charge in [-0.3, -0.25) is 10.2 Å². The van der Waals surface area contributed by atoms with Crippen molar-refractivity contribution in [3.05, 3.63) is 16.1 Å². The zero-order valence-electron chi connectivity index (χ0n) is 15.2. The summed E-state index contributed by atoms with van der Waals surface area (Å²) in [6.45, 7) is 6.24. The lowest BCUT2D eigenvalue weighted by Gasteiger charge is -2.20. The Labute approximate surface area is 162 Å². The van der Waals surface area contributed by atoms with Gasteiger partial charge in [-0.1, -0.05) is 0 Å². The molecule has 3 N–H and O–H groups in total. The van der Waals surface area contributed by atoms with Crippen molar-refractivity contribution < 1.29 is 4.79 Å². The first kappa shape index (κ1) is 21.9. The van der Waals surface area contributed by atoms with Crippen LogP contribution in [0.1, 0.15) is 24.5 Å². The number of aromatic nitrogens is 1. The number of aliphatic imine (C=N–C) groups is 2. The molecule has 0 aliphatic carbocycles. The minimum atomic E-state index is 0.389. The number of hydrazine groups is 1. The molecule has 0 atom stereocenters. The fourth-order valence-corrected chi connectivity index (χ4v) is 3.71. The Bertz CT molecular complexity index is 648. The van der Waals surface area contributed by atoms with Crippen LogP contribution in [0.15, 0.2) is 15.4 Å². The molecule has 0 saturated heterocycles. The third kappa shape index (κ3) is 7.38. The Balaban J connectivity index is 2.51. The molecule has 0 unspecified atom stereocenters. The van der Waals surface area contributed by atoms with E-state index in [4.69, 9.17) is 5.26 Å². The lowest BCUT2D eigenvalue weighted by Crippen LogP contribution is -2.44. The predicted octanol–water partition coefficient (Wildman–Crippen LogP) is 0.772. The Morgan fingerprint density at radius 3 is 2.88 bits per heavy atom. The van der Waals surface area contributed by atoms with Gasteiger partial charge in [0.05, 0.1) is 5.69 Å². The van der Waals surface area contributed by atoms with Crippen molar-refractivity contribution in [2.75, 3.05) is 32.4 Å². The van der Waals surface area contributed by atoms with Crippen molar-refractivity contribution in [1.82, 2.24) is 26.1 Å². The van der Waals surface area contributed by atoms with Crippen LogP contribution >= 0.6 is 23.1 Å². The number of carbonyl (C=O) groups is 1. The van der Waals surface area contributed by atoms with Crippen LogP contribution in [0.3, 0.4) is 0 Å². The molecule has 1 heterocycles. The average Bonchev–Trinajstić information content (AvgIpc) is 3.10. The Morgan fingerprint density at radius 2 is 2.27 bits per heavy atom. The largest absolute Gasteiger partial charge is 0.355 e. The summed E-state index contributed by atoms with van der Waals surface area (Å²) < 4.78 is 0. The number of hydrogen-bond acceptors (Lipinski definition) is 7. The summed E-state index contributed by atoms with van der Waals surface area (Å²) in [5, 5.41) is 14.4. The van der Waals surface area contributed by atoms with Crippen molar-refractivity contribution >= 4 is 41.3 Å². The van der Waals surface area contributed by atoms with Gasteiger partial charge >= 0.3 is 0 Å². The summed E-state index contributed by atoms with van der Waals surface area (Å²) in [6, 6.07) is 0. The molecule has 9 nitrogen and oxygen atoms in total. The minimum absolute atomic E-state index is 0.389. The summed E-state index contributed by atoms with van der Waals surface area (Å²) in [5.74, 6) is 2.60. The number of carbonyl (C=O) groups excluding carboxylic acids is 1. The maximum atomic E-state index is 10.8. The third-order valence-corrected chi connectivity index (χ3v) is 5.05. The van der Waals surface area contributed by atoms with E-state index in [1.807, 2.05) is 24.1 Å². The van der Waals surface area contributed by atoms with Crippen LogP contribution in [0.4, 0.5) is 0 Å². The molecule has 1 aromatic rings. The van der Waals surface area contributed by atoms with Gasteiger partial charge in [0, 0.05) is 43.6 Å². The fourth-order valence-electron chi connectivity index (χ4n) is 2.02. The molecular weight excluding hydrogens is 372 g/mol. The van der Waals surface area contributed by atoms with Gasteiger partial charge in [0.1, 0.15) is 0 Å². The second kappa shape index (κ2) is 13.1. The van der Waals surface area contributed by atoms with E-state index < -0.39 is 0 Å². The summed E-state index contributed by atoms with van der Waals surface area (Å²) in [7, 11) is 1.70. The van der Waals surface area contributed by atoms with Gasteiger partial charge in [-0.15, -0.1) is 16.3 Å². The second-order valence-electron chi connectivity index (χ2n) is 4.79. The average molecular weight is 397 g/mol. The van der Waals surface area contributed by atoms with E-state index in [-0.39, 0.29) is 0 Å². The van der Waals surface area contributed by atoms with Gasteiger partial charge in [-0.25, -0.2) is 10.4 Å². The van der Waals surface area contributed by atoms with Crippen LogP contribution < -0.4 is 16.2 Å². The lowest BCUT2D eigenvalue weighted by molar-refractivity contribution is -0.106. The lowest BCUT2D eigenvalue weighted by atomic mass is 10.4. The van der Waals surface area contributed by atoms with Crippen molar-refractivity contribution in [1.29, 1.82) is 5.26 Å². The van der Waals surface area contributed by atoms with Crippen molar-refractivity contribution in [3.63, 3.8) is 0 Å². The predicted molar refractivity (Wildman–Crippen MR) is 107 cm³/mol. The highest BCUT2D eigenvalue weighted by Crippen LogP contribution is 2.17. The van der Waals surface area contributed by atoms with Crippen LogP contribution in [0.25, 0.3) is 0 Å². The van der Waals surface area contributed by atoms with Gasteiger partial charge in [0.2, 0.25) is 18.6 Å². The molecule has 0 bridgehead atoms. The van der Waals surface area contributed by atoms with Gasteiger partial charge in [0.15, 0.2) is 10.8 Å². The van der Waals surface area contributed by atoms with E-state index in [0.29, 0.717) is 24.8 Å². The van der Waals surface area contributed by atoms with Crippen LogP contribution in [-0.4, -0.2) is 60.5 Å². The molecule has 11 heteroatoms. The van der Waals surface area contributed by atoms with Crippen LogP contribution in [0, 0.1) is 11.5 Å². The molecule has 142 valence electrons. The van der Waals surface area contributed by atoms with E-state index in [1.54, 1.807) is 25.0 Å². The Kier molecular flexibility index (Phi) is 11.0. The monoisotopic (exact) mass is 396 g/mol. The molecule has 1 aromatic heterocycles. The molecule has 1 rings (SSSR count). The number of rotatable bonds is 10. The molecule has 0 spiro atoms. The normalized spacial score (nSPS) is 11.8. The molecule has 0 fully saturated rings. The molecule has 0 saturated carbocycles. The van der Waals surface area contributed by atoms with E-state index >= 15 is 0 Å². The fraction of sp³-hybridized carbons (Fsp3) is 0.533. The summed E-state index contributed by atoms with van der Waals surface area (Å²) in [6.07, 6.45) is 2.29. The quantitative estimate of drug-likeness (QED) is 0.133. The van der Waals surface area contributed by atoms with E-state index in [0.717, 1.165) is 35.3 Å². The van der Waals surface area contributed by atoms with E-state index in [9.17, 15) is 4.79 Å². The van der Waals surface area contributed by atoms with Crippen molar-refractivity contribution in [2.45, 2.75) is 19.6 Å². The van der Waals surface area contributed by atoms with Crippen molar-refractivity contribution in [2.24, 2.45) is 9.98 Å². The standard InChI is InChI=1S/C15H24N8OS2/c1-4-23(5-2)13(20-11-24)14-21-12(9-26-14)8-25-7-6-18-15(19-10-16)22-17-3/h9,11,17H,4-8H2,1-3H3,(H2,18,19,22).